The number of aryl methyl sites for hydroxylation is 2. The van der Waals surface area contributed by atoms with Crippen molar-refractivity contribution < 1.29 is 0 Å². The van der Waals surface area contributed by atoms with Gasteiger partial charge in [0.15, 0.2) is 0 Å². The van der Waals surface area contributed by atoms with Crippen LogP contribution in [-0.4, -0.2) is 18.3 Å². The number of hydrogen-bond acceptors (Lipinski definition) is 2. The van der Waals surface area contributed by atoms with Crippen LogP contribution in [0.5, 0.6) is 0 Å². The lowest BCUT2D eigenvalue weighted by atomic mass is 9.88. The number of allylic oxidation sites excluding steroid dienone is 1. The van der Waals surface area contributed by atoms with E-state index < -0.39 is 0 Å². The third-order valence-electron chi connectivity index (χ3n) is 5.39. The van der Waals surface area contributed by atoms with Crippen LogP contribution < -0.4 is 4.90 Å². The minimum Gasteiger partial charge on any atom is -0.362 e. The molecule has 2 aromatic carbocycles. The van der Waals surface area contributed by atoms with Crippen LogP contribution in [0.3, 0.4) is 0 Å². The summed E-state index contributed by atoms with van der Waals surface area (Å²) in [6, 6.07) is 10.5. The van der Waals surface area contributed by atoms with Crippen LogP contribution in [0.2, 0.25) is 5.02 Å². The van der Waals surface area contributed by atoms with Gasteiger partial charge in [0.25, 0.3) is 0 Å². The molecule has 0 saturated carbocycles. The van der Waals surface area contributed by atoms with Crippen LogP contribution in [0.1, 0.15) is 56.4 Å². The van der Waals surface area contributed by atoms with Gasteiger partial charge in [-0.25, -0.2) is 0 Å². The highest BCUT2D eigenvalue weighted by Crippen LogP contribution is 2.41. The van der Waals surface area contributed by atoms with E-state index in [1.165, 1.54) is 28.0 Å². The molecule has 3 heteroatoms. The maximum absolute atomic E-state index is 6.65. The lowest BCUT2D eigenvalue weighted by molar-refractivity contribution is 0.550. The fourth-order valence-corrected chi connectivity index (χ4v) is 4.00. The summed E-state index contributed by atoms with van der Waals surface area (Å²) in [6.45, 7) is 14.2. The first kappa shape index (κ1) is 19.7. The second-order valence-corrected chi connectivity index (χ2v) is 8.46. The van der Waals surface area contributed by atoms with Gasteiger partial charge in [-0.3, -0.25) is 4.99 Å². The summed E-state index contributed by atoms with van der Waals surface area (Å²) in [4.78, 5) is 7.10. The Labute approximate surface area is 168 Å². The van der Waals surface area contributed by atoms with Gasteiger partial charge in [0.05, 0.1) is 16.2 Å². The van der Waals surface area contributed by atoms with Gasteiger partial charge in [0, 0.05) is 29.6 Å². The van der Waals surface area contributed by atoms with Crippen molar-refractivity contribution in [2.75, 3.05) is 11.4 Å². The molecular formula is C24H29ClN2. The van der Waals surface area contributed by atoms with Gasteiger partial charge < -0.3 is 4.90 Å². The number of anilines is 1. The zero-order chi connectivity index (χ0) is 19.8. The highest BCUT2D eigenvalue weighted by Gasteiger charge is 2.31. The Morgan fingerprint density at radius 3 is 2.48 bits per heavy atom. The van der Waals surface area contributed by atoms with E-state index in [0.29, 0.717) is 0 Å². The molecule has 27 heavy (non-hydrogen) atoms. The van der Waals surface area contributed by atoms with E-state index in [-0.39, 0.29) is 5.54 Å². The van der Waals surface area contributed by atoms with Crippen LogP contribution in [0.15, 0.2) is 41.4 Å². The molecule has 3 rings (SSSR count). The van der Waals surface area contributed by atoms with E-state index in [1.807, 2.05) is 12.3 Å². The predicted molar refractivity (Wildman–Crippen MR) is 120 cm³/mol. The van der Waals surface area contributed by atoms with Crippen molar-refractivity contribution in [3.8, 4) is 0 Å². The predicted octanol–water partition coefficient (Wildman–Crippen LogP) is 7.12. The second kappa shape index (κ2) is 7.52. The van der Waals surface area contributed by atoms with Gasteiger partial charge in [-0.15, -0.1) is 0 Å². The van der Waals surface area contributed by atoms with E-state index in [0.717, 1.165) is 29.2 Å². The molecule has 1 aliphatic rings. The normalized spacial score (nSPS) is 15.8. The van der Waals surface area contributed by atoms with Gasteiger partial charge in [-0.2, -0.15) is 0 Å². The summed E-state index contributed by atoms with van der Waals surface area (Å²) in [6.07, 6.45) is 5.33. The molecule has 0 spiro atoms. The molecule has 1 aliphatic heterocycles. The summed E-state index contributed by atoms with van der Waals surface area (Å²) in [5.74, 6) is 0. The first-order valence-electron chi connectivity index (χ1n) is 9.65. The molecule has 0 unspecified atom stereocenters. The van der Waals surface area contributed by atoms with E-state index in [9.17, 15) is 0 Å². The number of rotatable bonds is 4. The van der Waals surface area contributed by atoms with E-state index in [2.05, 4.69) is 81.8 Å². The Morgan fingerprint density at radius 2 is 1.81 bits per heavy atom. The van der Waals surface area contributed by atoms with Crippen LogP contribution in [0.25, 0.3) is 5.57 Å². The fourth-order valence-electron chi connectivity index (χ4n) is 3.80. The van der Waals surface area contributed by atoms with Gasteiger partial charge >= 0.3 is 0 Å². The van der Waals surface area contributed by atoms with Crippen molar-refractivity contribution in [2.45, 2.75) is 53.5 Å². The Kier molecular flexibility index (Phi) is 5.48. The van der Waals surface area contributed by atoms with Gasteiger partial charge in [-0.05, 0) is 82.0 Å². The quantitative estimate of drug-likeness (QED) is 0.515. The monoisotopic (exact) mass is 380 g/mol. The SMILES string of the molecule is CCCN1c2cc(Cl)c(C=Nc3ccc(C)c(C)c3)cc2C(C)=CC1(C)C. The lowest BCUT2D eigenvalue weighted by Gasteiger charge is -2.43. The highest BCUT2D eigenvalue weighted by molar-refractivity contribution is 6.33. The third kappa shape index (κ3) is 3.96. The maximum atomic E-state index is 6.65. The maximum Gasteiger partial charge on any atom is 0.0632 e. The van der Waals surface area contributed by atoms with E-state index in [4.69, 9.17) is 11.6 Å². The van der Waals surface area contributed by atoms with Crippen molar-refractivity contribution in [1.29, 1.82) is 0 Å². The standard InChI is InChI=1S/C24H29ClN2/c1-7-10-27-23-13-22(25)19(12-21(23)18(4)14-24(27,5)6)15-26-20-9-8-16(2)17(3)11-20/h8-9,11-15H,7,10H2,1-6H3. The Balaban J connectivity index is 2.02. The number of benzene rings is 2. The molecule has 2 aromatic rings. The van der Waals surface area contributed by atoms with Crippen molar-refractivity contribution >= 4 is 34.8 Å². The van der Waals surface area contributed by atoms with Crippen molar-refractivity contribution in [3.05, 3.63) is 63.7 Å². The Morgan fingerprint density at radius 1 is 1.07 bits per heavy atom. The lowest BCUT2D eigenvalue weighted by Crippen LogP contribution is -2.45. The highest BCUT2D eigenvalue weighted by atomic mass is 35.5. The summed E-state index contributed by atoms with van der Waals surface area (Å²) < 4.78 is 0. The molecule has 0 atom stereocenters. The van der Waals surface area contributed by atoms with Crippen molar-refractivity contribution in [1.82, 2.24) is 0 Å². The van der Waals surface area contributed by atoms with Crippen LogP contribution in [0, 0.1) is 13.8 Å². The zero-order valence-corrected chi connectivity index (χ0v) is 18.0. The first-order chi connectivity index (χ1) is 12.7. The molecule has 0 aliphatic carbocycles. The average Bonchev–Trinajstić information content (AvgIpc) is 2.59. The number of nitrogens with zero attached hydrogens (tertiary/aromatic N) is 2. The smallest absolute Gasteiger partial charge is 0.0632 e. The van der Waals surface area contributed by atoms with Crippen LogP contribution in [0.4, 0.5) is 11.4 Å². The molecule has 0 bridgehead atoms. The summed E-state index contributed by atoms with van der Waals surface area (Å²) in [7, 11) is 0. The van der Waals surface area contributed by atoms with Gasteiger partial charge in [-0.1, -0.05) is 30.7 Å². The van der Waals surface area contributed by atoms with Gasteiger partial charge in [0.1, 0.15) is 0 Å². The molecule has 0 N–H and O–H groups in total. The van der Waals surface area contributed by atoms with Crippen molar-refractivity contribution in [2.24, 2.45) is 4.99 Å². The first-order valence-corrected chi connectivity index (χ1v) is 10.0. The molecule has 142 valence electrons. The molecule has 0 amide bonds. The molecule has 0 aromatic heterocycles. The summed E-state index contributed by atoms with van der Waals surface area (Å²) in [5, 5.41) is 0.743. The number of aliphatic imine (C=N–C) groups is 1. The summed E-state index contributed by atoms with van der Waals surface area (Å²) in [5.41, 5.74) is 8.18. The average molecular weight is 381 g/mol. The molecular weight excluding hydrogens is 352 g/mol. The molecule has 0 fully saturated rings. The van der Waals surface area contributed by atoms with Crippen molar-refractivity contribution in [3.63, 3.8) is 0 Å². The minimum absolute atomic E-state index is 0.00848. The van der Waals surface area contributed by atoms with Crippen LogP contribution in [-0.2, 0) is 0 Å². The topological polar surface area (TPSA) is 15.6 Å². The molecule has 2 nitrogen and oxygen atoms in total. The zero-order valence-electron chi connectivity index (χ0n) is 17.2. The Hall–Kier alpha value is -2.06. The number of fused-ring (bicyclic) bond motifs is 1. The number of halogens is 1. The third-order valence-corrected chi connectivity index (χ3v) is 5.71. The minimum atomic E-state index is -0.00848. The number of hydrogen-bond donors (Lipinski definition) is 0. The largest absolute Gasteiger partial charge is 0.362 e. The molecule has 1 heterocycles. The van der Waals surface area contributed by atoms with Gasteiger partial charge in [0.2, 0.25) is 0 Å². The molecule has 0 saturated heterocycles. The van der Waals surface area contributed by atoms with Crippen LogP contribution >= 0.6 is 11.6 Å². The summed E-state index contributed by atoms with van der Waals surface area (Å²) >= 11 is 6.65. The van der Waals surface area contributed by atoms with E-state index in [1.54, 1.807) is 0 Å². The Bertz CT molecular complexity index is 922. The van der Waals surface area contributed by atoms with E-state index >= 15 is 0 Å². The fraction of sp³-hybridized carbons (Fsp3) is 0.375. The second-order valence-electron chi connectivity index (χ2n) is 8.05. The molecule has 0 radical (unpaired) electrons.